The van der Waals surface area contributed by atoms with Crippen molar-refractivity contribution in [3.8, 4) is 0 Å². The summed E-state index contributed by atoms with van der Waals surface area (Å²) in [5, 5.41) is 0. The van der Waals surface area contributed by atoms with Gasteiger partial charge < -0.3 is 10.6 Å². The molecular formula is C8H11N5S. The summed E-state index contributed by atoms with van der Waals surface area (Å²) in [5.74, 6) is 0.701. The maximum atomic E-state index is 5.45. The molecule has 2 heterocycles. The van der Waals surface area contributed by atoms with Crippen LogP contribution in [0.5, 0.6) is 0 Å². The first-order chi connectivity index (χ1) is 6.81. The number of thiazole rings is 1. The second-order valence-corrected chi connectivity index (χ2v) is 3.76. The zero-order chi connectivity index (χ0) is 9.97. The summed E-state index contributed by atoms with van der Waals surface area (Å²) < 4.78 is 0. The molecule has 0 aliphatic heterocycles. The van der Waals surface area contributed by atoms with E-state index in [2.05, 4.69) is 15.0 Å². The second kappa shape index (κ2) is 3.85. The zero-order valence-corrected chi connectivity index (χ0v) is 8.66. The normalized spacial score (nSPS) is 10.7. The van der Waals surface area contributed by atoms with Crippen molar-refractivity contribution in [2.45, 2.75) is 0 Å². The molecule has 2 aromatic rings. The molecule has 2 N–H and O–H groups in total. The topological polar surface area (TPSA) is 67.9 Å². The lowest BCUT2D eigenvalue weighted by atomic mass is 10.5. The Kier molecular flexibility index (Phi) is 2.55. The lowest BCUT2D eigenvalue weighted by molar-refractivity contribution is 0.851. The van der Waals surface area contributed by atoms with Gasteiger partial charge in [-0.05, 0) is 0 Å². The van der Waals surface area contributed by atoms with Crippen LogP contribution in [-0.2, 0) is 0 Å². The van der Waals surface area contributed by atoms with Gasteiger partial charge in [-0.3, -0.25) is 0 Å². The number of anilines is 1. The van der Waals surface area contributed by atoms with Gasteiger partial charge in [0.15, 0.2) is 0 Å². The first kappa shape index (κ1) is 9.29. The highest BCUT2D eigenvalue weighted by molar-refractivity contribution is 7.16. The molecule has 0 atom stereocenters. The van der Waals surface area contributed by atoms with Gasteiger partial charge in [-0.2, -0.15) is 0 Å². The van der Waals surface area contributed by atoms with Crippen LogP contribution in [0.25, 0.3) is 10.3 Å². The summed E-state index contributed by atoms with van der Waals surface area (Å²) in [6.07, 6.45) is 1.74. The minimum atomic E-state index is 0.598. The van der Waals surface area contributed by atoms with E-state index in [-0.39, 0.29) is 0 Å². The van der Waals surface area contributed by atoms with Crippen molar-refractivity contribution in [1.29, 1.82) is 0 Å². The third-order valence-corrected chi connectivity index (χ3v) is 2.62. The molecule has 0 fully saturated rings. The average molecular weight is 209 g/mol. The van der Waals surface area contributed by atoms with Crippen LogP contribution in [0.1, 0.15) is 0 Å². The van der Waals surface area contributed by atoms with Gasteiger partial charge >= 0.3 is 0 Å². The summed E-state index contributed by atoms with van der Waals surface area (Å²) in [7, 11) is 1.93. The molecule has 0 radical (unpaired) electrons. The molecule has 6 heteroatoms. The summed E-state index contributed by atoms with van der Waals surface area (Å²) in [4.78, 5) is 15.5. The number of hydrogen-bond donors (Lipinski definition) is 1. The van der Waals surface area contributed by atoms with E-state index in [0.29, 0.717) is 12.5 Å². The number of nitrogens with two attached hydrogens (primary N) is 1. The minimum Gasteiger partial charge on any atom is -0.343 e. The van der Waals surface area contributed by atoms with Crippen molar-refractivity contribution in [1.82, 2.24) is 15.0 Å². The van der Waals surface area contributed by atoms with E-state index >= 15 is 0 Å². The largest absolute Gasteiger partial charge is 0.343 e. The van der Waals surface area contributed by atoms with Gasteiger partial charge in [0.25, 0.3) is 0 Å². The number of hydrogen-bond acceptors (Lipinski definition) is 6. The van der Waals surface area contributed by atoms with Crippen LogP contribution in [0.2, 0.25) is 0 Å². The van der Waals surface area contributed by atoms with Crippen LogP contribution in [0.15, 0.2) is 11.7 Å². The third-order valence-electron chi connectivity index (χ3n) is 1.89. The standard InChI is InChI=1S/C8H11N5S/c1-13(3-2-9)8-10-4-6-7(12-8)14-5-11-6/h4-5H,2-3,9H2,1H3. The number of aromatic nitrogens is 3. The lowest BCUT2D eigenvalue weighted by Crippen LogP contribution is -2.26. The van der Waals surface area contributed by atoms with E-state index < -0.39 is 0 Å². The molecule has 0 unspecified atom stereocenters. The van der Waals surface area contributed by atoms with Gasteiger partial charge in [0, 0.05) is 20.1 Å². The fourth-order valence-corrected chi connectivity index (χ4v) is 1.76. The SMILES string of the molecule is CN(CCN)c1ncc2ncsc2n1. The minimum absolute atomic E-state index is 0.598. The maximum absolute atomic E-state index is 5.45. The Morgan fingerprint density at radius 3 is 3.14 bits per heavy atom. The van der Waals surface area contributed by atoms with E-state index in [1.807, 2.05) is 11.9 Å². The van der Waals surface area contributed by atoms with E-state index in [4.69, 9.17) is 5.73 Å². The Balaban J connectivity index is 2.33. The molecule has 5 nitrogen and oxygen atoms in total. The van der Waals surface area contributed by atoms with Crippen LogP contribution in [0.3, 0.4) is 0 Å². The van der Waals surface area contributed by atoms with Gasteiger partial charge in [-0.15, -0.1) is 11.3 Å². The average Bonchev–Trinajstić information content (AvgIpc) is 2.64. The predicted octanol–water partition coefficient (Wildman–Crippen LogP) is 0.481. The highest BCUT2D eigenvalue weighted by Gasteiger charge is 2.05. The van der Waals surface area contributed by atoms with E-state index in [9.17, 15) is 0 Å². The Morgan fingerprint density at radius 2 is 2.36 bits per heavy atom. The van der Waals surface area contributed by atoms with Gasteiger partial charge in [-0.1, -0.05) is 0 Å². The molecular weight excluding hydrogens is 198 g/mol. The molecule has 2 aromatic heterocycles. The number of nitrogens with zero attached hydrogens (tertiary/aromatic N) is 4. The third kappa shape index (κ3) is 1.66. The maximum Gasteiger partial charge on any atom is 0.226 e. The van der Waals surface area contributed by atoms with Crippen LogP contribution in [0, 0.1) is 0 Å². The molecule has 0 amide bonds. The van der Waals surface area contributed by atoms with Crippen LogP contribution < -0.4 is 10.6 Å². The zero-order valence-electron chi connectivity index (χ0n) is 7.84. The lowest BCUT2D eigenvalue weighted by Gasteiger charge is -2.14. The van der Waals surface area contributed by atoms with E-state index in [1.54, 1.807) is 11.7 Å². The summed E-state index contributed by atoms with van der Waals surface area (Å²) in [5.41, 5.74) is 8.07. The van der Waals surface area contributed by atoms with Crippen LogP contribution in [-0.4, -0.2) is 35.1 Å². The van der Waals surface area contributed by atoms with Gasteiger partial charge in [0.05, 0.1) is 11.7 Å². The number of fused-ring (bicyclic) bond motifs is 1. The van der Waals surface area contributed by atoms with Crippen LogP contribution >= 0.6 is 11.3 Å². The summed E-state index contributed by atoms with van der Waals surface area (Å²) in [6.45, 7) is 1.35. The van der Waals surface area contributed by atoms with Crippen molar-refractivity contribution in [3.63, 3.8) is 0 Å². The van der Waals surface area contributed by atoms with E-state index in [0.717, 1.165) is 16.9 Å². The number of rotatable bonds is 3. The monoisotopic (exact) mass is 209 g/mol. The molecule has 14 heavy (non-hydrogen) atoms. The number of likely N-dealkylation sites (N-methyl/N-ethyl adjacent to an activating group) is 1. The smallest absolute Gasteiger partial charge is 0.226 e. The van der Waals surface area contributed by atoms with Gasteiger partial charge in [0.2, 0.25) is 5.95 Å². The Labute approximate surface area is 85.6 Å². The highest BCUT2D eigenvalue weighted by Crippen LogP contribution is 2.16. The van der Waals surface area contributed by atoms with Gasteiger partial charge in [-0.25, -0.2) is 15.0 Å². The van der Waals surface area contributed by atoms with E-state index in [1.165, 1.54) is 11.3 Å². The Hall–Kier alpha value is -1.27. The van der Waals surface area contributed by atoms with Crippen molar-refractivity contribution in [2.75, 3.05) is 25.0 Å². The molecule has 0 bridgehead atoms. The van der Waals surface area contributed by atoms with Crippen molar-refractivity contribution in [3.05, 3.63) is 11.7 Å². The van der Waals surface area contributed by atoms with Crippen molar-refractivity contribution in [2.24, 2.45) is 5.73 Å². The molecule has 0 saturated heterocycles. The quantitative estimate of drug-likeness (QED) is 0.796. The predicted molar refractivity (Wildman–Crippen MR) is 57.5 cm³/mol. The molecule has 0 saturated carbocycles. The summed E-state index contributed by atoms with van der Waals surface area (Å²) >= 11 is 1.52. The first-order valence-corrected chi connectivity index (χ1v) is 5.16. The molecule has 0 aliphatic carbocycles. The summed E-state index contributed by atoms with van der Waals surface area (Å²) in [6, 6.07) is 0. The molecule has 2 rings (SSSR count). The van der Waals surface area contributed by atoms with Crippen molar-refractivity contribution < 1.29 is 0 Å². The Bertz CT molecular complexity index is 426. The molecule has 0 aromatic carbocycles. The first-order valence-electron chi connectivity index (χ1n) is 4.28. The van der Waals surface area contributed by atoms with Crippen LogP contribution in [0.4, 0.5) is 5.95 Å². The second-order valence-electron chi connectivity index (χ2n) is 2.92. The molecule has 74 valence electrons. The molecule has 0 spiro atoms. The van der Waals surface area contributed by atoms with Gasteiger partial charge in [0.1, 0.15) is 10.3 Å². The van der Waals surface area contributed by atoms with Crippen molar-refractivity contribution >= 4 is 27.6 Å². The molecule has 0 aliphatic rings. The fourth-order valence-electron chi connectivity index (χ4n) is 1.14. The highest BCUT2D eigenvalue weighted by atomic mass is 32.1. The fraction of sp³-hybridized carbons (Fsp3) is 0.375. The Morgan fingerprint density at radius 1 is 1.50 bits per heavy atom.